The van der Waals surface area contributed by atoms with Gasteiger partial charge in [0.1, 0.15) is 22.7 Å². The van der Waals surface area contributed by atoms with Crippen LogP contribution in [-0.4, -0.2) is 5.11 Å². The van der Waals surface area contributed by atoms with E-state index in [0.29, 0.717) is 18.6 Å². The maximum Gasteiger partial charge on any atom is 0.347 e. The van der Waals surface area contributed by atoms with E-state index < -0.39 is 11.2 Å². The van der Waals surface area contributed by atoms with Crippen molar-refractivity contribution in [1.29, 1.82) is 0 Å². The highest BCUT2D eigenvalue weighted by Gasteiger charge is 2.40. The van der Waals surface area contributed by atoms with Crippen LogP contribution in [-0.2, 0) is 16.8 Å². The summed E-state index contributed by atoms with van der Waals surface area (Å²) in [5.74, 6) is 0.580. The predicted molar refractivity (Wildman–Crippen MR) is 99.1 cm³/mol. The largest absolute Gasteiger partial charge is 0.507 e. The molecule has 1 N–H and O–H groups in total. The number of hydrogen-bond acceptors (Lipinski definition) is 5. The highest BCUT2D eigenvalue weighted by atomic mass is 32.1. The van der Waals surface area contributed by atoms with Crippen LogP contribution < -0.4 is 5.63 Å². The molecule has 0 spiro atoms. The second-order valence-electron chi connectivity index (χ2n) is 6.58. The SMILES string of the molecule is CCCC1(c2c(O)cc(C(CC)Cc3ccsc3)oc2=O)CC=CO1. The van der Waals surface area contributed by atoms with Crippen molar-refractivity contribution in [2.75, 3.05) is 0 Å². The standard InChI is InChI=1S/C20H24O4S/c1-3-7-20(8-5-9-23-20)18-16(21)12-17(24-19(18)22)15(4-2)11-14-6-10-25-13-14/h5-6,9-10,12-13,15,21H,3-4,7-8,11H2,1-2H3. The van der Waals surface area contributed by atoms with Gasteiger partial charge in [-0.2, -0.15) is 11.3 Å². The molecule has 0 aliphatic carbocycles. The zero-order chi connectivity index (χ0) is 17.9. The summed E-state index contributed by atoms with van der Waals surface area (Å²) >= 11 is 1.65. The topological polar surface area (TPSA) is 59.7 Å². The van der Waals surface area contributed by atoms with Crippen LogP contribution >= 0.6 is 11.3 Å². The maximum atomic E-state index is 12.7. The van der Waals surface area contributed by atoms with Gasteiger partial charge in [0.05, 0.1) is 6.26 Å². The zero-order valence-electron chi connectivity index (χ0n) is 14.7. The fraction of sp³-hybridized carbons (Fsp3) is 0.450. The van der Waals surface area contributed by atoms with Crippen molar-refractivity contribution < 1.29 is 14.3 Å². The summed E-state index contributed by atoms with van der Waals surface area (Å²) in [6.45, 7) is 4.09. The Bertz CT molecular complexity index is 781. The molecule has 0 bridgehead atoms. The van der Waals surface area contributed by atoms with Gasteiger partial charge >= 0.3 is 5.63 Å². The summed E-state index contributed by atoms with van der Waals surface area (Å²) in [6, 6.07) is 3.68. The molecule has 2 aromatic heterocycles. The molecular formula is C20H24O4S. The van der Waals surface area contributed by atoms with Gasteiger partial charge in [-0.1, -0.05) is 20.3 Å². The first kappa shape index (κ1) is 17.8. The maximum absolute atomic E-state index is 12.7. The molecule has 1 aliphatic rings. The van der Waals surface area contributed by atoms with E-state index in [9.17, 15) is 9.90 Å². The molecule has 4 nitrogen and oxygen atoms in total. The number of hydrogen-bond donors (Lipinski definition) is 1. The van der Waals surface area contributed by atoms with Crippen LogP contribution in [0.3, 0.4) is 0 Å². The van der Waals surface area contributed by atoms with Gasteiger partial charge in [-0.05, 0) is 47.7 Å². The molecule has 0 aromatic carbocycles. The normalized spacial score (nSPS) is 20.6. The van der Waals surface area contributed by atoms with Crippen molar-refractivity contribution in [1.82, 2.24) is 0 Å². The summed E-state index contributed by atoms with van der Waals surface area (Å²) in [6.07, 6.45) is 7.18. The number of ether oxygens (including phenoxy) is 1. The van der Waals surface area contributed by atoms with Crippen molar-refractivity contribution in [3.05, 3.63) is 62.5 Å². The molecule has 1 aliphatic heterocycles. The molecule has 0 radical (unpaired) electrons. The van der Waals surface area contributed by atoms with Gasteiger partial charge in [-0.15, -0.1) is 0 Å². The van der Waals surface area contributed by atoms with E-state index >= 15 is 0 Å². The van der Waals surface area contributed by atoms with Gasteiger partial charge in [0, 0.05) is 18.4 Å². The van der Waals surface area contributed by atoms with Gasteiger partial charge in [0.25, 0.3) is 0 Å². The summed E-state index contributed by atoms with van der Waals surface area (Å²) in [5, 5.41) is 14.8. The average molecular weight is 360 g/mol. The van der Waals surface area contributed by atoms with Crippen LogP contribution in [0.4, 0.5) is 0 Å². The Hall–Kier alpha value is -2.01. The second-order valence-corrected chi connectivity index (χ2v) is 7.36. The van der Waals surface area contributed by atoms with Crippen molar-refractivity contribution in [3.8, 4) is 5.75 Å². The summed E-state index contributed by atoms with van der Waals surface area (Å²) in [4.78, 5) is 12.7. The molecule has 134 valence electrons. The molecule has 2 atom stereocenters. The van der Waals surface area contributed by atoms with Crippen molar-refractivity contribution in [2.45, 2.75) is 57.5 Å². The quantitative estimate of drug-likeness (QED) is 0.748. The van der Waals surface area contributed by atoms with Crippen LogP contribution in [0.5, 0.6) is 5.75 Å². The molecule has 3 heterocycles. The number of aromatic hydroxyl groups is 1. The van der Waals surface area contributed by atoms with Crippen molar-refractivity contribution >= 4 is 11.3 Å². The second kappa shape index (κ2) is 7.48. The molecule has 25 heavy (non-hydrogen) atoms. The monoisotopic (exact) mass is 360 g/mol. The first-order chi connectivity index (χ1) is 12.1. The first-order valence-electron chi connectivity index (χ1n) is 8.81. The van der Waals surface area contributed by atoms with E-state index in [4.69, 9.17) is 9.15 Å². The molecule has 0 saturated heterocycles. The minimum absolute atomic E-state index is 0.0211. The van der Waals surface area contributed by atoms with E-state index in [0.717, 1.165) is 19.3 Å². The van der Waals surface area contributed by atoms with E-state index in [2.05, 4.69) is 18.4 Å². The fourth-order valence-corrected chi connectivity index (χ4v) is 4.26. The molecule has 0 amide bonds. The van der Waals surface area contributed by atoms with Crippen LogP contribution in [0.2, 0.25) is 0 Å². The highest BCUT2D eigenvalue weighted by Crippen LogP contribution is 2.42. The third-order valence-electron chi connectivity index (χ3n) is 4.85. The number of rotatable bonds is 7. The number of thiophene rings is 1. The minimum Gasteiger partial charge on any atom is -0.507 e. The van der Waals surface area contributed by atoms with Gasteiger partial charge < -0.3 is 14.3 Å². The summed E-state index contributed by atoms with van der Waals surface area (Å²) < 4.78 is 11.4. The Kier molecular flexibility index (Phi) is 5.33. The molecule has 3 rings (SSSR count). The highest BCUT2D eigenvalue weighted by molar-refractivity contribution is 7.07. The van der Waals surface area contributed by atoms with Crippen molar-refractivity contribution in [3.63, 3.8) is 0 Å². The van der Waals surface area contributed by atoms with E-state index in [1.807, 2.05) is 18.4 Å². The first-order valence-corrected chi connectivity index (χ1v) is 9.75. The Morgan fingerprint density at radius 2 is 2.24 bits per heavy atom. The van der Waals surface area contributed by atoms with Gasteiger partial charge in [0.2, 0.25) is 0 Å². The third kappa shape index (κ3) is 3.52. The van der Waals surface area contributed by atoms with Crippen LogP contribution in [0.1, 0.15) is 62.3 Å². The van der Waals surface area contributed by atoms with Crippen LogP contribution in [0, 0.1) is 0 Å². The Labute approximate surface area is 151 Å². The van der Waals surface area contributed by atoms with Gasteiger partial charge in [-0.3, -0.25) is 0 Å². The molecule has 2 unspecified atom stereocenters. The van der Waals surface area contributed by atoms with Crippen molar-refractivity contribution in [2.24, 2.45) is 0 Å². The lowest BCUT2D eigenvalue weighted by Gasteiger charge is -2.28. The Morgan fingerprint density at radius 3 is 2.80 bits per heavy atom. The molecule has 2 aromatic rings. The molecule has 0 fully saturated rings. The lowest BCUT2D eigenvalue weighted by Crippen LogP contribution is -2.31. The zero-order valence-corrected chi connectivity index (χ0v) is 15.5. The van der Waals surface area contributed by atoms with Crippen LogP contribution in [0.15, 0.2) is 44.4 Å². The van der Waals surface area contributed by atoms with E-state index in [1.165, 1.54) is 5.56 Å². The summed E-state index contributed by atoms with van der Waals surface area (Å²) in [5.41, 5.74) is 0.172. The Balaban J connectivity index is 1.95. The molecule has 5 heteroatoms. The van der Waals surface area contributed by atoms with Gasteiger partial charge in [-0.25, -0.2) is 4.79 Å². The molecule has 0 saturated carbocycles. The summed E-state index contributed by atoms with van der Waals surface area (Å²) in [7, 11) is 0. The van der Waals surface area contributed by atoms with Gasteiger partial charge in [0.15, 0.2) is 0 Å². The minimum atomic E-state index is -0.799. The van der Waals surface area contributed by atoms with Crippen LogP contribution in [0.25, 0.3) is 0 Å². The lowest BCUT2D eigenvalue weighted by molar-refractivity contribution is 0.0256. The Morgan fingerprint density at radius 1 is 1.40 bits per heavy atom. The predicted octanol–water partition coefficient (Wildman–Crippen LogP) is 5.07. The van der Waals surface area contributed by atoms with E-state index in [1.54, 1.807) is 23.7 Å². The smallest absolute Gasteiger partial charge is 0.347 e. The lowest BCUT2D eigenvalue weighted by atomic mass is 9.86. The molecular weight excluding hydrogens is 336 g/mol. The third-order valence-corrected chi connectivity index (χ3v) is 5.59. The van der Waals surface area contributed by atoms with E-state index in [-0.39, 0.29) is 17.2 Å². The fourth-order valence-electron chi connectivity index (χ4n) is 3.57. The average Bonchev–Trinajstić information content (AvgIpc) is 3.24.